The van der Waals surface area contributed by atoms with Crippen molar-refractivity contribution < 1.29 is 13.2 Å². The van der Waals surface area contributed by atoms with E-state index in [0.717, 1.165) is 12.0 Å². The van der Waals surface area contributed by atoms with Crippen LogP contribution in [0.15, 0.2) is 24.3 Å². The molecule has 0 aliphatic carbocycles. The highest BCUT2D eigenvalue weighted by atomic mass is 35.5. The normalized spacial score (nSPS) is 17.0. The van der Waals surface area contributed by atoms with Crippen molar-refractivity contribution in [1.82, 2.24) is 14.9 Å². The van der Waals surface area contributed by atoms with E-state index < -0.39 is 10.0 Å². The van der Waals surface area contributed by atoms with Gasteiger partial charge in [0.25, 0.3) is 0 Å². The molecule has 0 saturated carbocycles. The molecular formula is C15H22ClN3O3S. The number of benzene rings is 1. The van der Waals surface area contributed by atoms with Gasteiger partial charge in [-0.1, -0.05) is 23.7 Å². The van der Waals surface area contributed by atoms with Crippen molar-refractivity contribution in [2.75, 3.05) is 25.9 Å². The molecule has 0 atom stereocenters. The van der Waals surface area contributed by atoms with Crippen LogP contribution >= 0.6 is 11.6 Å². The molecule has 1 aromatic rings. The molecule has 8 heteroatoms. The number of amides is 2. The Morgan fingerprint density at radius 3 is 2.43 bits per heavy atom. The first-order valence-corrected chi connectivity index (χ1v) is 9.81. The standard InChI is InChI=1S/C15H22ClN3O3S/c1-23(21,22)19-10-7-14(8-11-19)18-15(20)17-9-6-12-2-4-13(16)5-3-12/h2-5,14H,6-11H2,1H3,(H2,17,18,20). The van der Waals surface area contributed by atoms with Gasteiger partial charge in [-0.05, 0) is 37.0 Å². The molecule has 23 heavy (non-hydrogen) atoms. The summed E-state index contributed by atoms with van der Waals surface area (Å²) in [5.74, 6) is 0. The number of carbonyl (C=O) groups excluding carboxylic acids is 1. The number of rotatable bonds is 5. The van der Waals surface area contributed by atoms with Crippen LogP contribution in [-0.4, -0.2) is 50.7 Å². The molecule has 0 aromatic heterocycles. The molecule has 0 radical (unpaired) electrons. The molecule has 1 aliphatic rings. The Morgan fingerprint density at radius 1 is 1.26 bits per heavy atom. The Hall–Kier alpha value is -1.31. The highest BCUT2D eigenvalue weighted by Gasteiger charge is 2.25. The minimum atomic E-state index is -3.13. The first kappa shape index (κ1) is 18.0. The van der Waals surface area contributed by atoms with E-state index in [4.69, 9.17) is 11.6 Å². The van der Waals surface area contributed by atoms with Gasteiger partial charge in [0.2, 0.25) is 10.0 Å². The molecule has 2 rings (SSSR count). The Labute approximate surface area is 142 Å². The van der Waals surface area contributed by atoms with E-state index in [-0.39, 0.29) is 12.1 Å². The largest absolute Gasteiger partial charge is 0.338 e. The summed E-state index contributed by atoms with van der Waals surface area (Å²) in [5.41, 5.74) is 1.11. The predicted molar refractivity (Wildman–Crippen MR) is 91.1 cm³/mol. The molecule has 2 amide bonds. The molecule has 1 saturated heterocycles. The summed E-state index contributed by atoms with van der Waals surface area (Å²) in [4.78, 5) is 11.9. The van der Waals surface area contributed by atoms with E-state index in [0.29, 0.717) is 37.5 Å². The Bertz CT molecular complexity index is 626. The van der Waals surface area contributed by atoms with Crippen molar-refractivity contribution in [2.24, 2.45) is 0 Å². The maximum atomic E-state index is 11.9. The molecule has 1 heterocycles. The zero-order valence-electron chi connectivity index (χ0n) is 13.1. The van der Waals surface area contributed by atoms with E-state index in [1.807, 2.05) is 24.3 Å². The minimum absolute atomic E-state index is 0.0172. The second kappa shape index (κ2) is 7.99. The highest BCUT2D eigenvalue weighted by Crippen LogP contribution is 2.13. The number of nitrogens with one attached hydrogen (secondary N) is 2. The number of piperidine rings is 1. The predicted octanol–water partition coefficient (Wildman–Crippen LogP) is 1.61. The Morgan fingerprint density at radius 2 is 1.87 bits per heavy atom. The fraction of sp³-hybridized carbons (Fsp3) is 0.533. The number of sulfonamides is 1. The first-order chi connectivity index (χ1) is 10.8. The summed E-state index contributed by atoms with van der Waals surface area (Å²) in [6, 6.07) is 7.32. The van der Waals surface area contributed by atoms with Gasteiger partial charge in [-0.25, -0.2) is 17.5 Å². The van der Waals surface area contributed by atoms with Gasteiger partial charge in [0.15, 0.2) is 0 Å². The Kier molecular flexibility index (Phi) is 6.26. The van der Waals surface area contributed by atoms with Crippen molar-refractivity contribution in [3.05, 3.63) is 34.9 Å². The Balaban J connectivity index is 1.66. The van der Waals surface area contributed by atoms with E-state index >= 15 is 0 Å². The number of urea groups is 1. The number of hydrogen-bond donors (Lipinski definition) is 2. The van der Waals surface area contributed by atoms with Crippen LogP contribution in [0.2, 0.25) is 5.02 Å². The van der Waals surface area contributed by atoms with Gasteiger partial charge in [0, 0.05) is 30.7 Å². The van der Waals surface area contributed by atoms with Crippen molar-refractivity contribution in [1.29, 1.82) is 0 Å². The van der Waals surface area contributed by atoms with Crippen LogP contribution in [0, 0.1) is 0 Å². The number of hydrogen-bond acceptors (Lipinski definition) is 3. The van der Waals surface area contributed by atoms with Crippen molar-refractivity contribution >= 4 is 27.7 Å². The van der Waals surface area contributed by atoms with Gasteiger partial charge < -0.3 is 10.6 Å². The highest BCUT2D eigenvalue weighted by molar-refractivity contribution is 7.88. The van der Waals surface area contributed by atoms with Crippen LogP contribution < -0.4 is 10.6 Å². The molecule has 1 fully saturated rings. The number of halogens is 1. The van der Waals surface area contributed by atoms with Crippen LogP contribution in [0.5, 0.6) is 0 Å². The fourth-order valence-electron chi connectivity index (χ4n) is 2.54. The van der Waals surface area contributed by atoms with E-state index in [1.54, 1.807) is 0 Å². The summed E-state index contributed by atoms with van der Waals surface area (Å²) in [7, 11) is -3.13. The van der Waals surface area contributed by atoms with E-state index in [9.17, 15) is 13.2 Å². The zero-order valence-corrected chi connectivity index (χ0v) is 14.7. The zero-order chi connectivity index (χ0) is 16.9. The fourth-order valence-corrected chi connectivity index (χ4v) is 3.54. The topological polar surface area (TPSA) is 78.5 Å². The summed E-state index contributed by atoms with van der Waals surface area (Å²) >= 11 is 5.82. The minimum Gasteiger partial charge on any atom is -0.338 e. The quantitative estimate of drug-likeness (QED) is 0.838. The lowest BCUT2D eigenvalue weighted by atomic mass is 10.1. The molecule has 6 nitrogen and oxygen atoms in total. The third-order valence-electron chi connectivity index (χ3n) is 3.87. The van der Waals surface area contributed by atoms with Gasteiger partial charge in [-0.2, -0.15) is 0 Å². The lowest BCUT2D eigenvalue weighted by molar-refractivity contribution is 0.228. The summed E-state index contributed by atoms with van der Waals surface area (Å²) in [6.07, 6.45) is 3.22. The molecule has 0 unspecified atom stereocenters. The second-order valence-corrected chi connectivity index (χ2v) is 8.13. The molecule has 1 aliphatic heterocycles. The van der Waals surface area contributed by atoms with Gasteiger partial charge in [0.05, 0.1) is 6.26 Å². The first-order valence-electron chi connectivity index (χ1n) is 7.58. The van der Waals surface area contributed by atoms with Crippen LogP contribution in [0.3, 0.4) is 0 Å². The van der Waals surface area contributed by atoms with Crippen molar-refractivity contribution in [2.45, 2.75) is 25.3 Å². The average molecular weight is 360 g/mol. The summed E-state index contributed by atoms with van der Waals surface area (Å²) < 4.78 is 24.3. The monoisotopic (exact) mass is 359 g/mol. The second-order valence-electron chi connectivity index (χ2n) is 5.71. The van der Waals surface area contributed by atoms with Crippen LogP contribution in [0.1, 0.15) is 18.4 Å². The molecule has 1 aromatic carbocycles. The van der Waals surface area contributed by atoms with Crippen molar-refractivity contribution in [3.63, 3.8) is 0 Å². The third-order valence-corrected chi connectivity index (χ3v) is 5.43. The van der Waals surface area contributed by atoms with Crippen molar-refractivity contribution in [3.8, 4) is 0 Å². The van der Waals surface area contributed by atoms with Gasteiger partial charge in [0.1, 0.15) is 0 Å². The lowest BCUT2D eigenvalue weighted by Gasteiger charge is -2.30. The number of nitrogens with zero attached hydrogens (tertiary/aromatic N) is 1. The van der Waals surface area contributed by atoms with E-state index in [2.05, 4.69) is 10.6 Å². The third kappa shape index (κ3) is 6.01. The molecular weight excluding hydrogens is 338 g/mol. The van der Waals surface area contributed by atoms with Crippen LogP contribution in [0.25, 0.3) is 0 Å². The van der Waals surface area contributed by atoms with E-state index in [1.165, 1.54) is 10.6 Å². The van der Waals surface area contributed by atoms with Gasteiger partial charge in [-0.15, -0.1) is 0 Å². The lowest BCUT2D eigenvalue weighted by Crippen LogP contribution is -2.49. The smallest absolute Gasteiger partial charge is 0.315 e. The number of carbonyl (C=O) groups is 1. The van der Waals surface area contributed by atoms with Crippen LogP contribution in [0.4, 0.5) is 4.79 Å². The van der Waals surface area contributed by atoms with Crippen LogP contribution in [-0.2, 0) is 16.4 Å². The maximum Gasteiger partial charge on any atom is 0.315 e. The SMILES string of the molecule is CS(=O)(=O)N1CCC(NC(=O)NCCc2ccc(Cl)cc2)CC1. The van der Waals surface area contributed by atoms with Gasteiger partial charge in [-0.3, -0.25) is 0 Å². The summed E-state index contributed by atoms with van der Waals surface area (Å²) in [5, 5.41) is 6.41. The maximum absolute atomic E-state index is 11.9. The molecule has 2 N–H and O–H groups in total. The average Bonchev–Trinajstić information content (AvgIpc) is 2.49. The summed E-state index contributed by atoms with van der Waals surface area (Å²) in [6.45, 7) is 1.44. The molecule has 0 bridgehead atoms. The van der Waals surface area contributed by atoms with Gasteiger partial charge >= 0.3 is 6.03 Å². The molecule has 128 valence electrons. The molecule has 0 spiro atoms.